The van der Waals surface area contributed by atoms with Crippen molar-refractivity contribution in [2.75, 3.05) is 37.4 Å². The first-order chi connectivity index (χ1) is 9.24. The number of nitrogens with zero attached hydrogens (tertiary/aromatic N) is 1. The molecule has 102 valence electrons. The van der Waals surface area contributed by atoms with E-state index in [0.29, 0.717) is 19.8 Å². The Morgan fingerprint density at radius 2 is 2.21 bits per heavy atom. The van der Waals surface area contributed by atoms with Crippen LogP contribution in [0.4, 0.5) is 11.5 Å². The van der Waals surface area contributed by atoms with E-state index in [2.05, 4.69) is 10.3 Å². The van der Waals surface area contributed by atoms with E-state index in [1.807, 2.05) is 31.3 Å². The molecule has 1 aromatic carbocycles. The molecule has 5 nitrogen and oxygen atoms in total. The van der Waals surface area contributed by atoms with Crippen LogP contribution in [0.5, 0.6) is 0 Å². The van der Waals surface area contributed by atoms with Crippen LogP contribution < -0.4 is 11.1 Å². The number of pyridine rings is 1. The molecule has 0 bridgehead atoms. The van der Waals surface area contributed by atoms with Gasteiger partial charge in [-0.25, -0.2) is 4.98 Å². The van der Waals surface area contributed by atoms with Crippen LogP contribution >= 0.6 is 0 Å². The van der Waals surface area contributed by atoms with Gasteiger partial charge in [0.15, 0.2) is 0 Å². The zero-order valence-electron chi connectivity index (χ0n) is 11.0. The van der Waals surface area contributed by atoms with Crippen LogP contribution in [-0.2, 0) is 4.74 Å². The zero-order chi connectivity index (χ0) is 13.7. The number of aliphatic hydroxyl groups excluding tert-OH is 1. The van der Waals surface area contributed by atoms with Crippen molar-refractivity contribution >= 4 is 22.3 Å². The number of anilines is 2. The van der Waals surface area contributed by atoms with E-state index in [-0.39, 0.29) is 6.61 Å². The average molecular weight is 261 g/mol. The highest BCUT2D eigenvalue weighted by atomic mass is 16.5. The largest absolute Gasteiger partial charge is 0.398 e. The van der Waals surface area contributed by atoms with E-state index in [9.17, 15) is 0 Å². The summed E-state index contributed by atoms with van der Waals surface area (Å²) in [5.74, 6) is 0.806. The molecule has 0 radical (unpaired) electrons. The van der Waals surface area contributed by atoms with E-state index in [4.69, 9.17) is 15.6 Å². The number of nitrogens with two attached hydrogens (primary N) is 1. The molecule has 4 N–H and O–H groups in total. The number of aryl methyl sites for hydroxylation is 1. The molecule has 0 saturated carbocycles. The molecule has 0 amide bonds. The van der Waals surface area contributed by atoms with Crippen LogP contribution in [-0.4, -0.2) is 36.5 Å². The van der Waals surface area contributed by atoms with Crippen molar-refractivity contribution in [3.63, 3.8) is 0 Å². The second-order valence-corrected chi connectivity index (χ2v) is 4.32. The van der Waals surface area contributed by atoms with E-state index in [1.54, 1.807) is 0 Å². The molecule has 2 aromatic rings. The Balaban J connectivity index is 2.15. The molecular formula is C14H19N3O2. The first kappa shape index (κ1) is 13.6. The Bertz CT molecular complexity index is 549. The van der Waals surface area contributed by atoms with Crippen LogP contribution in [0.2, 0.25) is 0 Å². The van der Waals surface area contributed by atoms with E-state index < -0.39 is 0 Å². The molecule has 2 rings (SSSR count). The van der Waals surface area contributed by atoms with Gasteiger partial charge in [-0.3, -0.25) is 0 Å². The summed E-state index contributed by atoms with van der Waals surface area (Å²) in [5.41, 5.74) is 7.84. The van der Waals surface area contributed by atoms with E-state index in [1.165, 1.54) is 0 Å². The molecule has 19 heavy (non-hydrogen) atoms. The average Bonchev–Trinajstić information content (AvgIpc) is 2.41. The minimum Gasteiger partial charge on any atom is -0.398 e. The summed E-state index contributed by atoms with van der Waals surface area (Å²) in [6.07, 6.45) is 1.82. The lowest BCUT2D eigenvalue weighted by molar-refractivity contribution is 0.0992. The fraction of sp³-hybridized carbons (Fsp3) is 0.357. The van der Waals surface area contributed by atoms with Crippen molar-refractivity contribution < 1.29 is 9.84 Å². The van der Waals surface area contributed by atoms with Gasteiger partial charge in [-0.05, 0) is 18.6 Å². The van der Waals surface area contributed by atoms with Gasteiger partial charge < -0.3 is 20.9 Å². The first-order valence-corrected chi connectivity index (χ1v) is 6.30. The molecule has 0 saturated heterocycles. The van der Waals surface area contributed by atoms with E-state index in [0.717, 1.165) is 27.8 Å². The molecule has 1 aromatic heterocycles. The number of aromatic nitrogens is 1. The third-order valence-corrected chi connectivity index (χ3v) is 2.91. The normalized spacial score (nSPS) is 10.8. The van der Waals surface area contributed by atoms with Crippen molar-refractivity contribution in [1.82, 2.24) is 4.98 Å². The molecule has 0 unspecified atom stereocenters. The quantitative estimate of drug-likeness (QED) is 0.543. The number of aliphatic hydroxyl groups is 1. The Hall–Kier alpha value is -1.85. The molecule has 1 heterocycles. The molecule has 0 spiro atoms. The summed E-state index contributed by atoms with van der Waals surface area (Å²) < 4.78 is 5.20. The third-order valence-electron chi connectivity index (χ3n) is 2.91. The van der Waals surface area contributed by atoms with Crippen molar-refractivity contribution in [3.05, 3.63) is 30.0 Å². The first-order valence-electron chi connectivity index (χ1n) is 6.30. The number of fused-ring (bicyclic) bond motifs is 1. The molecule has 0 fully saturated rings. The fourth-order valence-corrected chi connectivity index (χ4v) is 2.05. The Labute approximate surface area is 112 Å². The van der Waals surface area contributed by atoms with Gasteiger partial charge in [0, 0.05) is 29.2 Å². The molecule has 0 aliphatic rings. The number of benzene rings is 1. The smallest absolute Gasteiger partial charge is 0.133 e. The number of nitrogen functional groups attached to an aromatic ring is 1. The number of hydrogen-bond acceptors (Lipinski definition) is 5. The van der Waals surface area contributed by atoms with Gasteiger partial charge in [-0.2, -0.15) is 0 Å². The minimum atomic E-state index is 0.0439. The van der Waals surface area contributed by atoms with Crippen LogP contribution in [0.3, 0.4) is 0 Å². The minimum absolute atomic E-state index is 0.0439. The lowest BCUT2D eigenvalue weighted by atomic mass is 10.1. The number of nitrogens with one attached hydrogen (secondary N) is 1. The molecule has 0 aliphatic heterocycles. The van der Waals surface area contributed by atoms with E-state index >= 15 is 0 Å². The predicted octanol–water partition coefficient (Wildman–Crippen LogP) is 1.55. The maximum absolute atomic E-state index is 8.61. The van der Waals surface area contributed by atoms with Gasteiger partial charge in [0.1, 0.15) is 5.82 Å². The Kier molecular flexibility index (Phi) is 4.54. The topological polar surface area (TPSA) is 80.4 Å². The molecule has 0 aliphatic carbocycles. The van der Waals surface area contributed by atoms with Gasteiger partial charge in [-0.15, -0.1) is 0 Å². The molecule has 0 atom stereocenters. The summed E-state index contributed by atoms with van der Waals surface area (Å²) in [5, 5.41) is 13.9. The Morgan fingerprint density at radius 3 is 3.00 bits per heavy atom. The Morgan fingerprint density at radius 1 is 1.37 bits per heavy atom. The van der Waals surface area contributed by atoms with Gasteiger partial charge in [-0.1, -0.05) is 12.1 Å². The predicted molar refractivity (Wildman–Crippen MR) is 77.3 cm³/mol. The highest BCUT2D eigenvalue weighted by Gasteiger charge is 2.07. The monoisotopic (exact) mass is 261 g/mol. The summed E-state index contributed by atoms with van der Waals surface area (Å²) in [6, 6.07) is 5.82. The lowest BCUT2D eigenvalue weighted by Crippen LogP contribution is -2.12. The van der Waals surface area contributed by atoms with Crippen molar-refractivity contribution in [3.8, 4) is 0 Å². The highest BCUT2D eigenvalue weighted by Crippen LogP contribution is 2.28. The molecular weight excluding hydrogens is 242 g/mol. The van der Waals surface area contributed by atoms with Crippen LogP contribution in [0, 0.1) is 6.92 Å². The number of rotatable bonds is 6. The highest BCUT2D eigenvalue weighted by molar-refractivity contribution is 6.01. The maximum Gasteiger partial charge on any atom is 0.133 e. The maximum atomic E-state index is 8.61. The van der Waals surface area contributed by atoms with Gasteiger partial charge >= 0.3 is 0 Å². The van der Waals surface area contributed by atoms with Crippen LogP contribution in [0.15, 0.2) is 24.4 Å². The fourth-order valence-electron chi connectivity index (χ4n) is 2.05. The van der Waals surface area contributed by atoms with Crippen molar-refractivity contribution in [2.45, 2.75) is 6.92 Å². The van der Waals surface area contributed by atoms with Gasteiger partial charge in [0.2, 0.25) is 0 Å². The number of ether oxygens (including phenoxy) is 1. The van der Waals surface area contributed by atoms with Gasteiger partial charge in [0.05, 0.1) is 19.8 Å². The SMILES string of the molecule is Cc1cnc(NCCOCCO)c2cccc(N)c12. The summed E-state index contributed by atoms with van der Waals surface area (Å²) in [7, 11) is 0. The van der Waals surface area contributed by atoms with Crippen molar-refractivity contribution in [1.29, 1.82) is 0 Å². The van der Waals surface area contributed by atoms with Gasteiger partial charge in [0.25, 0.3) is 0 Å². The summed E-state index contributed by atoms with van der Waals surface area (Å²) in [4.78, 5) is 4.39. The lowest BCUT2D eigenvalue weighted by Gasteiger charge is -2.12. The second kappa shape index (κ2) is 6.36. The summed E-state index contributed by atoms with van der Waals surface area (Å²) >= 11 is 0. The summed E-state index contributed by atoms with van der Waals surface area (Å²) in [6.45, 7) is 3.57. The number of hydrogen-bond donors (Lipinski definition) is 3. The second-order valence-electron chi connectivity index (χ2n) is 4.32. The van der Waals surface area contributed by atoms with Crippen LogP contribution in [0.1, 0.15) is 5.56 Å². The molecule has 5 heteroatoms. The van der Waals surface area contributed by atoms with Crippen molar-refractivity contribution in [2.24, 2.45) is 0 Å². The zero-order valence-corrected chi connectivity index (χ0v) is 11.0. The van der Waals surface area contributed by atoms with Crippen LogP contribution in [0.25, 0.3) is 10.8 Å². The third kappa shape index (κ3) is 3.13. The standard InChI is InChI=1S/C14H19N3O2/c1-10-9-17-14(16-5-7-19-8-6-18)11-3-2-4-12(15)13(10)11/h2-4,9,18H,5-8,15H2,1H3,(H,16,17).